The molecule has 0 amide bonds. The molecule has 2 aromatic heterocycles. The number of imidazole rings is 1. The van der Waals surface area contributed by atoms with Gasteiger partial charge in [-0.2, -0.15) is 4.98 Å². The van der Waals surface area contributed by atoms with Crippen LogP contribution < -0.4 is 4.90 Å². The summed E-state index contributed by atoms with van der Waals surface area (Å²) in [5.74, 6) is 1.08. The molecule has 1 aliphatic rings. The Balaban J connectivity index is 1.99. The van der Waals surface area contributed by atoms with Crippen molar-refractivity contribution in [3.05, 3.63) is 39.8 Å². The Bertz CT molecular complexity index is 643. The van der Waals surface area contributed by atoms with Crippen molar-refractivity contribution in [1.82, 2.24) is 19.5 Å². The van der Waals surface area contributed by atoms with Gasteiger partial charge in [-0.15, -0.1) is 0 Å². The monoisotopic (exact) mass is 280 g/mol. The SMILES string of the molecule is O=[N+]([O-])c1cnc(Cl)nc1N1CCn2ccnc2C1. The van der Waals surface area contributed by atoms with Crippen LogP contribution in [0.1, 0.15) is 5.82 Å². The molecule has 8 nitrogen and oxygen atoms in total. The number of hydrogen-bond donors (Lipinski definition) is 0. The number of nitrogens with zero attached hydrogens (tertiary/aromatic N) is 6. The minimum atomic E-state index is -0.507. The minimum Gasteiger partial charge on any atom is -0.341 e. The lowest BCUT2D eigenvalue weighted by molar-refractivity contribution is -0.384. The molecule has 0 aliphatic carbocycles. The van der Waals surface area contributed by atoms with Crippen molar-refractivity contribution in [2.24, 2.45) is 0 Å². The van der Waals surface area contributed by atoms with Crippen LogP contribution in [-0.4, -0.2) is 31.0 Å². The summed E-state index contributed by atoms with van der Waals surface area (Å²) in [6.45, 7) is 1.77. The van der Waals surface area contributed by atoms with E-state index in [0.717, 1.165) is 12.0 Å². The summed E-state index contributed by atoms with van der Waals surface area (Å²) in [4.78, 5) is 24.1. The Hall–Kier alpha value is -2.22. The van der Waals surface area contributed by atoms with Crippen LogP contribution in [0.2, 0.25) is 5.28 Å². The number of anilines is 1. The topological polar surface area (TPSA) is 90.0 Å². The summed E-state index contributed by atoms with van der Waals surface area (Å²) < 4.78 is 2.01. The van der Waals surface area contributed by atoms with Crippen molar-refractivity contribution in [1.29, 1.82) is 0 Å². The zero-order chi connectivity index (χ0) is 13.4. The summed E-state index contributed by atoms with van der Waals surface area (Å²) in [7, 11) is 0. The summed E-state index contributed by atoms with van der Waals surface area (Å²) in [6.07, 6.45) is 4.72. The molecule has 19 heavy (non-hydrogen) atoms. The molecule has 0 spiro atoms. The van der Waals surface area contributed by atoms with Crippen LogP contribution >= 0.6 is 11.6 Å². The van der Waals surface area contributed by atoms with Gasteiger partial charge in [0.15, 0.2) is 0 Å². The van der Waals surface area contributed by atoms with Gasteiger partial charge in [-0.3, -0.25) is 10.1 Å². The van der Waals surface area contributed by atoms with Gasteiger partial charge in [0.2, 0.25) is 11.1 Å². The lowest BCUT2D eigenvalue weighted by Crippen LogP contribution is -2.34. The van der Waals surface area contributed by atoms with Crippen molar-refractivity contribution in [3.63, 3.8) is 0 Å². The summed E-state index contributed by atoms with van der Waals surface area (Å²) in [6, 6.07) is 0. The lowest BCUT2D eigenvalue weighted by atomic mass is 10.3. The quantitative estimate of drug-likeness (QED) is 0.467. The minimum absolute atomic E-state index is 0.00508. The Morgan fingerprint density at radius 1 is 1.37 bits per heavy atom. The highest BCUT2D eigenvalue weighted by Crippen LogP contribution is 2.28. The van der Waals surface area contributed by atoms with E-state index >= 15 is 0 Å². The van der Waals surface area contributed by atoms with Gasteiger partial charge < -0.3 is 9.47 Å². The maximum Gasteiger partial charge on any atom is 0.329 e. The zero-order valence-corrected chi connectivity index (χ0v) is 10.5. The fourth-order valence-corrected chi connectivity index (χ4v) is 2.19. The molecule has 0 saturated heterocycles. The van der Waals surface area contributed by atoms with E-state index in [0.29, 0.717) is 19.6 Å². The fourth-order valence-electron chi connectivity index (χ4n) is 2.06. The third kappa shape index (κ3) is 2.10. The van der Waals surface area contributed by atoms with Crippen LogP contribution in [0.5, 0.6) is 0 Å². The molecule has 0 fully saturated rings. The molecule has 0 saturated carbocycles. The molecule has 0 aromatic carbocycles. The number of halogens is 1. The summed E-state index contributed by atoms with van der Waals surface area (Å²) in [5, 5.41) is 11.0. The van der Waals surface area contributed by atoms with E-state index in [1.54, 1.807) is 11.1 Å². The number of aromatic nitrogens is 4. The van der Waals surface area contributed by atoms with Crippen LogP contribution in [0.4, 0.5) is 11.5 Å². The van der Waals surface area contributed by atoms with E-state index in [4.69, 9.17) is 11.6 Å². The van der Waals surface area contributed by atoms with Gasteiger partial charge >= 0.3 is 5.69 Å². The van der Waals surface area contributed by atoms with Crippen LogP contribution in [0.15, 0.2) is 18.6 Å². The van der Waals surface area contributed by atoms with Crippen LogP contribution in [0.25, 0.3) is 0 Å². The van der Waals surface area contributed by atoms with Gasteiger partial charge in [-0.1, -0.05) is 0 Å². The molecule has 0 atom stereocenters. The van der Waals surface area contributed by atoms with Gasteiger partial charge in [0, 0.05) is 25.5 Å². The van der Waals surface area contributed by atoms with E-state index in [2.05, 4.69) is 15.0 Å². The maximum absolute atomic E-state index is 11.0. The predicted molar refractivity (Wildman–Crippen MR) is 67.0 cm³/mol. The number of rotatable bonds is 2. The first kappa shape index (κ1) is 11.8. The third-order valence-electron chi connectivity index (χ3n) is 2.96. The van der Waals surface area contributed by atoms with Gasteiger partial charge in [0.05, 0.1) is 11.5 Å². The van der Waals surface area contributed by atoms with E-state index in [1.807, 2.05) is 10.8 Å². The van der Waals surface area contributed by atoms with E-state index < -0.39 is 4.92 Å². The second-order valence-electron chi connectivity index (χ2n) is 4.06. The molecule has 0 bridgehead atoms. The third-order valence-corrected chi connectivity index (χ3v) is 3.14. The number of hydrogen-bond acceptors (Lipinski definition) is 6. The van der Waals surface area contributed by atoms with Crippen molar-refractivity contribution in [2.75, 3.05) is 11.4 Å². The smallest absolute Gasteiger partial charge is 0.329 e. The second-order valence-corrected chi connectivity index (χ2v) is 4.40. The van der Waals surface area contributed by atoms with Crippen LogP contribution in [0.3, 0.4) is 0 Å². The highest BCUT2D eigenvalue weighted by Gasteiger charge is 2.26. The van der Waals surface area contributed by atoms with Crippen LogP contribution in [-0.2, 0) is 13.1 Å². The molecule has 2 aromatic rings. The standard InChI is InChI=1S/C10H9ClN6O2/c11-10-13-5-7(17(18)19)9(14-10)16-4-3-15-2-1-12-8(15)6-16/h1-2,5H,3-4,6H2. The van der Waals surface area contributed by atoms with E-state index in [-0.39, 0.29) is 16.8 Å². The fraction of sp³-hybridized carbons (Fsp3) is 0.300. The normalized spacial score (nSPS) is 14.3. The maximum atomic E-state index is 11.0. The molecule has 0 N–H and O–H groups in total. The van der Waals surface area contributed by atoms with Crippen molar-refractivity contribution >= 4 is 23.1 Å². The summed E-state index contributed by atoms with van der Waals surface area (Å²) in [5.41, 5.74) is -0.149. The molecular weight excluding hydrogens is 272 g/mol. The molecule has 3 rings (SSSR count). The molecule has 0 unspecified atom stereocenters. The molecule has 9 heteroatoms. The van der Waals surface area contributed by atoms with Crippen LogP contribution in [0, 0.1) is 10.1 Å². The Morgan fingerprint density at radius 2 is 2.21 bits per heavy atom. The molecule has 0 radical (unpaired) electrons. The Kier molecular flexibility index (Phi) is 2.79. The zero-order valence-electron chi connectivity index (χ0n) is 9.73. The van der Waals surface area contributed by atoms with Crippen molar-refractivity contribution < 1.29 is 4.92 Å². The highest BCUT2D eigenvalue weighted by atomic mass is 35.5. The highest BCUT2D eigenvalue weighted by molar-refractivity contribution is 6.28. The predicted octanol–water partition coefficient (Wildman–Crippen LogP) is 1.25. The summed E-state index contributed by atoms with van der Waals surface area (Å²) >= 11 is 5.73. The first-order valence-electron chi connectivity index (χ1n) is 5.57. The Labute approximate surface area is 112 Å². The first-order valence-corrected chi connectivity index (χ1v) is 5.95. The van der Waals surface area contributed by atoms with Gasteiger partial charge in [0.1, 0.15) is 12.0 Å². The Morgan fingerprint density at radius 3 is 3.00 bits per heavy atom. The average molecular weight is 281 g/mol. The molecule has 1 aliphatic heterocycles. The van der Waals surface area contributed by atoms with Gasteiger partial charge in [-0.05, 0) is 11.6 Å². The first-order chi connectivity index (χ1) is 9.15. The van der Waals surface area contributed by atoms with Crippen molar-refractivity contribution in [3.8, 4) is 0 Å². The van der Waals surface area contributed by atoms with E-state index in [9.17, 15) is 10.1 Å². The molecule has 3 heterocycles. The largest absolute Gasteiger partial charge is 0.341 e. The average Bonchev–Trinajstić information content (AvgIpc) is 2.85. The van der Waals surface area contributed by atoms with Gasteiger partial charge in [-0.25, -0.2) is 9.97 Å². The van der Waals surface area contributed by atoms with Gasteiger partial charge in [0.25, 0.3) is 0 Å². The van der Waals surface area contributed by atoms with E-state index in [1.165, 1.54) is 0 Å². The second kappa shape index (κ2) is 4.47. The number of nitro groups is 1. The molecule has 98 valence electrons. The number of fused-ring (bicyclic) bond motifs is 1. The lowest BCUT2D eigenvalue weighted by Gasteiger charge is -2.28. The van der Waals surface area contributed by atoms with Crippen molar-refractivity contribution in [2.45, 2.75) is 13.1 Å². The molecular formula is C10H9ClN6O2.